The molecular formula is C21H24N2O4. The highest BCUT2D eigenvalue weighted by molar-refractivity contribution is 6.07. The van der Waals surface area contributed by atoms with E-state index in [1.807, 2.05) is 23.1 Å². The van der Waals surface area contributed by atoms with Gasteiger partial charge in [-0.1, -0.05) is 24.3 Å². The molecule has 1 saturated heterocycles. The van der Waals surface area contributed by atoms with Crippen LogP contribution in [0.4, 0.5) is 0 Å². The second kappa shape index (κ2) is 6.51. The van der Waals surface area contributed by atoms with Crippen LogP contribution in [0.25, 0.3) is 0 Å². The van der Waals surface area contributed by atoms with E-state index in [2.05, 4.69) is 6.07 Å². The van der Waals surface area contributed by atoms with Crippen LogP contribution in [-0.2, 0) is 32.1 Å². The van der Waals surface area contributed by atoms with Crippen molar-refractivity contribution in [1.29, 1.82) is 0 Å². The minimum absolute atomic E-state index is 0.00962. The topological polar surface area (TPSA) is 66.9 Å². The van der Waals surface area contributed by atoms with Crippen LogP contribution in [-0.4, -0.2) is 52.8 Å². The van der Waals surface area contributed by atoms with E-state index in [1.54, 1.807) is 11.8 Å². The van der Waals surface area contributed by atoms with Crippen LogP contribution in [0.5, 0.6) is 0 Å². The number of ether oxygens (including phenoxy) is 1. The van der Waals surface area contributed by atoms with Gasteiger partial charge < -0.3 is 14.5 Å². The molecule has 1 aromatic rings. The van der Waals surface area contributed by atoms with Crippen LogP contribution in [0.15, 0.2) is 35.4 Å². The zero-order valence-electron chi connectivity index (χ0n) is 15.8. The molecule has 1 aromatic carbocycles. The third-order valence-electron chi connectivity index (χ3n) is 6.07. The summed E-state index contributed by atoms with van der Waals surface area (Å²) in [5.74, 6) is -0.508. The Morgan fingerprint density at radius 1 is 1.04 bits per heavy atom. The summed E-state index contributed by atoms with van der Waals surface area (Å²) in [6.07, 6.45) is 1.76. The lowest BCUT2D eigenvalue weighted by Crippen LogP contribution is -2.50. The number of hydrogen-bond donors (Lipinski definition) is 0. The zero-order chi connectivity index (χ0) is 19.2. The van der Waals surface area contributed by atoms with E-state index in [1.165, 1.54) is 12.5 Å². The van der Waals surface area contributed by atoms with Crippen LogP contribution in [0.3, 0.4) is 0 Å². The molecule has 142 valence electrons. The van der Waals surface area contributed by atoms with Gasteiger partial charge in [-0.2, -0.15) is 0 Å². The number of hydrogen-bond acceptors (Lipinski definition) is 4. The van der Waals surface area contributed by atoms with Gasteiger partial charge in [-0.05, 0) is 24.5 Å². The second-order valence-electron chi connectivity index (χ2n) is 7.64. The molecule has 6 heteroatoms. The van der Waals surface area contributed by atoms with E-state index in [4.69, 9.17) is 4.74 Å². The molecule has 1 fully saturated rings. The van der Waals surface area contributed by atoms with Gasteiger partial charge in [0.15, 0.2) is 0 Å². The van der Waals surface area contributed by atoms with E-state index in [0.29, 0.717) is 50.2 Å². The summed E-state index contributed by atoms with van der Waals surface area (Å²) in [6, 6.07) is 8.15. The van der Waals surface area contributed by atoms with E-state index < -0.39 is 11.6 Å². The summed E-state index contributed by atoms with van der Waals surface area (Å²) in [7, 11) is 0. The van der Waals surface area contributed by atoms with Crippen LogP contribution >= 0.6 is 0 Å². The average molecular weight is 368 g/mol. The molecule has 0 unspecified atom stereocenters. The van der Waals surface area contributed by atoms with Crippen LogP contribution in [0, 0.1) is 0 Å². The highest BCUT2D eigenvalue weighted by Gasteiger charge is 2.52. The Hall–Kier alpha value is -2.63. The summed E-state index contributed by atoms with van der Waals surface area (Å²) in [5.41, 5.74) is 2.45. The lowest BCUT2D eigenvalue weighted by molar-refractivity contribution is -0.152. The van der Waals surface area contributed by atoms with Crippen molar-refractivity contribution >= 4 is 17.8 Å². The first-order valence-corrected chi connectivity index (χ1v) is 9.47. The molecule has 1 spiro atoms. The summed E-state index contributed by atoms with van der Waals surface area (Å²) < 4.78 is 5.73. The molecule has 0 radical (unpaired) electrons. The number of rotatable bonds is 1. The van der Waals surface area contributed by atoms with Crippen molar-refractivity contribution < 1.29 is 19.1 Å². The van der Waals surface area contributed by atoms with Crippen molar-refractivity contribution in [2.45, 2.75) is 45.3 Å². The fraction of sp³-hybridized carbons (Fsp3) is 0.476. The van der Waals surface area contributed by atoms with E-state index in [-0.39, 0.29) is 11.8 Å². The number of piperidine rings is 1. The monoisotopic (exact) mass is 368 g/mol. The quantitative estimate of drug-likeness (QED) is 0.710. The molecule has 0 N–H and O–H groups in total. The maximum atomic E-state index is 13.4. The van der Waals surface area contributed by atoms with Gasteiger partial charge in [-0.3, -0.25) is 9.59 Å². The van der Waals surface area contributed by atoms with Crippen molar-refractivity contribution in [1.82, 2.24) is 9.80 Å². The Morgan fingerprint density at radius 3 is 2.37 bits per heavy atom. The Balaban J connectivity index is 1.60. The highest BCUT2D eigenvalue weighted by atomic mass is 16.6. The zero-order valence-corrected chi connectivity index (χ0v) is 15.8. The molecule has 3 aliphatic rings. The van der Waals surface area contributed by atoms with Crippen LogP contribution in [0.2, 0.25) is 0 Å². The SMILES string of the molecule is CC(=O)N1CCC2(CC1)OC(=O)C(C)=C2C(=O)N1CCc2ccccc2C1. The predicted molar refractivity (Wildman–Crippen MR) is 98.6 cm³/mol. The standard InChI is InChI=1S/C21H24N2O4/c1-14-18(19(25)23-10-7-16-5-3-4-6-17(16)13-23)21(27-20(14)26)8-11-22(12-9-21)15(2)24/h3-6H,7-13H2,1-2H3. The van der Waals surface area contributed by atoms with Crippen molar-refractivity contribution in [3.05, 3.63) is 46.5 Å². The normalized spacial score (nSPS) is 21.3. The van der Waals surface area contributed by atoms with Crippen molar-refractivity contribution in [2.24, 2.45) is 0 Å². The molecule has 27 heavy (non-hydrogen) atoms. The van der Waals surface area contributed by atoms with Gasteiger partial charge in [0.05, 0.1) is 5.57 Å². The molecule has 4 rings (SSSR count). The maximum Gasteiger partial charge on any atom is 0.335 e. The Labute approximate surface area is 158 Å². The largest absolute Gasteiger partial charge is 0.450 e. The smallest absolute Gasteiger partial charge is 0.335 e. The lowest BCUT2D eigenvalue weighted by Gasteiger charge is -2.40. The summed E-state index contributed by atoms with van der Waals surface area (Å²) in [5, 5.41) is 0. The summed E-state index contributed by atoms with van der Waals surface area (Å²) >= 11 is 0. The Bertz CT molecular complexity index is 849. The minimum Gasteiger partial charge on any atom is -0.450 e. The fourth-order valence-corrected chi connectivity index (χ4v) is 4.47. The van der Waals surface area contributed by atoms with Crippen molar-refractivity contribution in [3.63, 3.8) is 0 Å². The molecule has 0 atom stereocenters. The number of fused-ring (bicyclic) bond motifs is 1. The average Bonchev–Trinajstić information content (AvgIpc) is 2.91. The van der Waals surface area contributed by atoms with E-state index in [9.17, 15) is 14.4 Å². The molecule has 3 aliphatic heterocycles. The van der Waals surface area contributed by atoms with Gasteiger partial charge in [0.25, 0.3) is 5.91 Å². The lowest BCUT2D eigenvalue weighted by atomic mass is 9.82. The number of amides is 2. The Morgan fingerprint density at radius 2 is 1.70 bits per heavy atom. The van der Waals surface area contributed by atoms with Gasteiger partial charge in [0.2, 0.25) is 5.91 Å². The highest BCUT2D eigenvalue weighted by Crippen LogP contribution is 2.42. The number of likely N-dealkylation sites (tertiary alicyclic amines) is 1. The number of nitrogens with zero attached hydrogens (tertiary/aromatic N) is 2. The minimum atomic E-state index is -0.888. The van der Waals surface area contributed by atoms with Gasteiger partial charge in [-0.15, -0.1) is 0 Å². The van der Waals surface area contributed by atoms with Crippen LogP contribution < -0.4 is 0 Å². The molecule has 2 amide bonds. The van der Waals surface area contributed by atoms with Crippen molar-refractivity contribution in [2.75, 3.05) is 19.6 Å². The molecule has 3 heterocycles. The van der Waals surface area contributed by atoms with Gasteiger partial charge >= 0.3 is 5.97 Å². The number of esters is 1. The first kappa shape index (κ1) is 17.8. The van der Waals surface area contributed by atoms with Crippen LogP contribution in [0.1, 0.15) is 37.8 Å². The third-order valence-corrected chi connectivity index (χ3v) is 6.07. The molecule has 0 saturated carbocycles. The third kappa shape index (κ3) is 2.93. The Kier molecular flexibility index (Phi) is 4.29. The predicted octanol–water partition coefficient (Wildman–Crippen LogP) is 1.83. The van der Waals surface area contributed by atoms with Crippen molar-refractivity contribution in [3.8, 4) is 0 Å². The second-order valence-corrected chi connectivity index (χ2v) is 7.64. The molecule has 6 nitrogen and oxygen atoms in total. The summed E-state index contributed by atoms with van der Waals surface area (Å²) in [4.78, 5) is 40.9. The first-order valence-electron chi connectivity index (χ1n) is 9.47. The van der Waals surface area contributed by atoms with E-state index >= 15 is 0 Å². The first-order chi connectivity index (χ1) is 12.9. The number of carbonyl (C=O) groups excluding carboxylic acids is 3. The van der Waals surface area contributed by atoms with E-state index in [0.717, 1.165) is 12.0 Å². The summed E-state index contributed by atoms with van der Waals surface area (Å²) in [6.45, 7) is 5.40. The number of benzene rings is 1. The molecule has 0 aromatic heterocycles. The van der Waals surface area contributed by atoms with Gasteiger partial charge in [0, 0.05) is 51.5 Å². The molecule has 0 aliphatic carbocycles. The fourth-order valence-electron chi connectivity index (χ4n) is 4.47. The van der Waals surface area contributed by atoms with Gasteiger partial charge in [-0.25, -0.2) is 4.79 Å². The number of carbonyl (C=O) groups is 3. The maximum absolute atomic E-state index is 13.4. The van der Waals surface area contributed by atoms with Gasteiger partial charge in [0.1, 0.15) is 5.60 Å². The molecule has 0 bridgehead atoms. The molecular weight excluding hydrogens is 344 g/mol.